The van der Waals surface area contributed by atoms with E-state index in [1.165, 1.54) is 0 Å². The Morgan fingerprint density at radius 2 is 2.04 bits per heavy atom. The van der Waals surface area contributed by atoms with Crippen molar-refractivity contribution in [2.45, 2.75) is 12.6 Å². The fourth-order valence-electron chi connectivity index (χ4n) is 3.24. The van der Waals surface area contributed by atoms with Gasteiger partial charge < -0.3 is 19.9 Å². The van der Waals surface area contributed by atoms with Gasteiger partial charge in [-0.3, -0.25) is 14.5 Å². The average molecular weight is 346 g/mol. The fourth-order valence-corrected chi connectivity index (χ4v) is 3.24. The summed E-state index contributed by atoms with van der Waals surface area (Å²) in [7, 11) is 4.04. The Morgan fingerprint density at radius 1 is 1.24 bits per heavy atom. The van der Waals surface area contributed by atoms with Gasteiger partial charge in [-0.2, -0.15) is 0 Å². The van der Waals surface area contributed by atoms with Crippen molar-refractivity contribution in [3.05, 3.63) is 29.8 Å². The van der Waals surface area contributed by atoms with Crippen molar-refractivity contribution in [1.29, 1.82) is 0 Å². The lowest BCUT2D eigenvalue weighted by atomic mass is 10.1. The maximum atomic E-state index is 12.1. The number of likely N-dealkylation sites (N-methyl/N-ethyl adjacent to an activating group) is 1. The quantitative estimate of drug-likeness (QED) is 0.771. The highest BCUT2D eigenvalue weighted by atomic mass is 16.5. The van der Waals surface area contributed by atoms with E-state index >= 15 is 0 Å². The summed E-state index contributed by atoms with van der Waals surface area (Å²) in [5, 5.41) is 2.68. The predicted molar refractivity (Wildman–Crippen MR) is 94.3 cm³/mol. The molecule has 0 spiro atoms. The Morgan fingerprint density at radius 3 is 2.84 bits per heavy atom. The summed E-state index contributed by atoms with van der Waals surface area (Å²) >= 11 is 0. The smallest absolute Gasteiger partial charge is 0.244 e. The number of amides is 2. The first kappa shape index (κ1) is 17.7. The first-order valence-corrected chi connectivity index (χ1v) is 8.69. The Kier molecular flexibility index (Phi) is 5.55. The van der Waals surface area contributed by atoms with Crippen LogP contribution in [0.4, 0.5) is 0 Å². The third kappa shape index (κ3) is 4.29. The zero-order valence-electron chi connectivity index (χ0n) is 14.9. The summed E-state index contributed by atoms with van der Waals surface area (Å²) in [5.41, 5.74) is 1.11. The van der Waals surface area contributed by atoms with Crippen LogP contribution in [0.1, 0.15) is 5.56 Å². The number of fused-ring (bicyclic) bond motifs is 1. The first-order valence-electron chi connectivity index (χ1n) is 8.69. The molecule has 25 heavy (non-hydrogen) atoms. The molecule has 2 aliphatic heterocycles. The van der Waals surface area contributed by atoms with Crippen LogP contribution in [0.25, 0.3) is 0 Å². The molecule has 2 amide bonds. The van der Waals surface area contributed by atoms with Gasteiger partial charge in [0.2, 0.25) is 11.8 Å². The highest BCUT2D eigenvalue weighted by Crippen LogP contribution is 2.22. The standard InChI is InChI=1S/C18H26N4O3/c1-20(2)9-10-25-16-6-4-3-5-14(16)12-21-7-8-22-15(13-21)18(24)19-11-17(22)23/h3-6,15H,7-13H2,1-2H3,(H,19,24)/t15-/m0/s1. The van der Waals surface area contributed by atoms with Gasteiger partial charge in [-0.05, 0) is 20.2 Å². The Balaban J connectivity index is 1.63. The third-order valence-corrected chi connectivity index (χ3v) is 4.66. The van der Waals surface area contributed by atoms with Gasteiger partial charge in [0.25, 0.3) is 0 Å². The van der Waals surface area contributed by atoms with Crippen molar-refractivity contribution in [3.63, 3.8) is 0 Å². The fraction of sp³-hybridized carbons (Fsp3) is 0.556. The number of nitrogens with one attached hydrogen (secondary N) is 1. The number of hydrogen-bond donors (Lipinski definition) is 1. The van der Waals surface area contributed by atoms with E-state index in [1.54, 1.807) is 4.90 Å². The molecular weight excluding hydrogens is 320 g/mol. The van der Waals surface area contributed by atoms with Crippen molar-refractivity contribution >= 4 is 11.8 Å². The molecule has 0 radical (unpaired) electrons. The van der Waals surface area contributed by atoms with Crippen LogP contribution in [0, 0.1) is 0 Å². The minimum atomic E-state index is -0.378. The lowest BCUT2D eigenvalue weighted by Gasteiger charge is -2.43. The topological polar surface area (TPSA) is 65.1 Å². The van der Waals surface area contributed by atoms with Gasteiger partial charge in [-0.15, -0.1) is 0 Å². The minimum absolute atomic E-state index is 0.0108. The van der Waals surface area contributed by atoms with E-state index < -0.39 is 0 Å². The number of benzene rings is 1. The molecule has 2 fully saturated rings. The van der Waals surface area contributed by atoms with E-state index in [1.807, 2.05) is 32.3 Å². The molecule has 2 aliphatic rings. The molecule has 2 heterocycles. The molecule has 1 atom stereocenters. The van der Waals surface area contributed by atoms with Crippen molar-refractivity contribution in [2.24, 2.45) is 0 Å². The highest BCUT2D eigenvalue weighted by molar-refractivity contribution is 5.95. The number of nitrogens with zero attached hydrogens (tertiary/aromatic N) is 3. The van der Waals surface area contributed by atoms with Crippen LogP contribution in [0.3, 0.4) is 0 Å². The molecule has 7 nitrogen and oxygen atoms in total. The monoisotopic (exact) mass is 346 g/mol. The zero-order chi connectivity index (χ0) is 17.8. The molecule has 0 aliphatic carbocycles. The van der Waals surface area contributed by atoms with Crippen LogP contribution < -0.4 is 10.1 Å². The summed E-state index contributed by atoms with van der Waals surface area (Å²) in [6.45, 7) is 4.25. The van der Waals surface area contributed by atoms with Gasteiger partial charge in [0.1, 0.15) is 18.4 Å². The molecule has 2 saturated heterocycles. The average Bonchev–Trinajstić information content (AvgIpc) is 2.59. The normalized spacial score (nSPS) is 21.2. The summed E-state index contributed by atoms with van der Waals surface area (Å²) in [5.74, 6) is 0.840. The summed E-state index contributed by atoms with van der Waals surface area (Å²) in [6.07, 6.45) is 0. The van der Waals surface area contributed by atoms with Gasteiger partial charge in [0, 0.05) is 38.3 Å². The number of carbonyl (C=O) groups excluding carboxylic acids is 2. The van der Waals surface area contributed by atoms with Crippen LogP contribution >= 0.6 is 0 Å². The van der Waals surface area contributed by atoms with Crippen molar-refractivity contribution in [3.8, 4) is 5.75 Å². The highest BCUT2D eigenvalue weighted by Gasteiger charge is 2.38. The van der Waals surface area contributed by atoms with Crippen molar-refractivity contribution in [1.82, 2.24) is 20.0 Å². The summed E-state index contributed by atoms with van der Waals surface area (Å²) in [4.78, 5) is 30.0. The second-order valence-electron chi connectivity index (χ2n) is 6.82. The van der Waals surface area contributed by atoms with Gasteiger partial charge >= 0.3 is 0 Å². The molecule has 1 aromatic carbocycles. The molecule has 0 saturated carbocycles. The van der Waals surface area contributed by atoms with Gasteiger partial charge in [-0.25, -0.2) is 0 Å². The van der Waals surface area contributed by atoms with Crippen molar-refractivity contribution in [2.75, 3.05) is 53.4 Å². The predicted octanol–water partition coefficient (Wildman–Crippen LogP) is -0.230. The Hall–Kier alpha value is -2.12. The van der Waals surface area contributed by atoms with Gasteiger partial charge in [-0.1, -0.05) is 18.2 Å². The number of para-hydroxylation sites is 1. The number of rotatable bonds is 6. The SMILES string of the molecule is CN(C)CCOc1ccccc1CN1CCN2C(=O)CNC(=O)[C@@H]2C1. The van der Waals surface area contributed by atoms with E-state index in [2.05, 4.69) is 21.2 Å². The van der Waals surface area contributed by atoms with E-state index in [0.717, 1.165) is 24.4 Å². The zero-order valence-corrected chi connectivity index (χ0v) is 14.9. The lowest BCUT2D eigenvalue weighted by Crippen LogP contribution is -2.65. The molecule has 136 valence electrons. The first-order chi connectivity index (χ1) is 12.0. The number of hydrogen-bond acceptors (Lipinski definition) is 5. The Bertz CT molecular complexity index is 635. The maximum absolute atomic E-state index is 12.1. The van der Waals surface area contributed by atoms with Crippen LogP contribution in [0.2, 0.25) is 0 Å². The van der Waals surface area contributed by atoms with E-state index in [0.29, 0.717) is 26.2 Å². The van der Waals surface area contributed by atoms with Crippen LogP contribution in [-0.2, 0) is 16.1 Å². The maximum Gasteiger partial charge on any atom is 0.244 e. The minimum Gasteiger partial charge on any atom is -0.492 e. The third-order valence-electron chi connectivity index (χ3n) is 4.66. The van der Waals surface area contributed by atoms with E-state index in [-0.39, 0.29) is 24.4 Å². The molecule has 0 unspecified atom stereocenters. The molecule has 0 aromatic heterocycles. The Labute approximate surface area is 148 Å². The summed E-state index contributed by atoms with van der Waals surface area (Å²) < 4.78 is 5.92. The van der Waals surface area contributed by atoms with E-state index in [4.69, 9.17) is 4.74 Å². The van der Waals surface area contributed by atoms with Crippen LogP contribution in [-0.4, -0.2) is 86.0 Å². The molecule has 1 aromatic rings. The van der Waals surface area contributed by atoms with E-state index in [9.17, 15) is 9.59 Å². The van der Waals surface area contributed by atoms with Crippen LogP contribution in [0.15, 0.2) is 24.3 Å². The van der Waals surface area contributed by atoms with Crippen molar-refractivity contribution < 1.29 is 14.3 Å². The second-order valence-corrected chi connectivity index (χ2v) is 6.82. The molecule has 7 heteroatoms. The number of ether oxygens (including phenoxy) is 1. The molecule has 0 bridgehead atoms. The van der Waals surface area contributed by atoms with Gasteiger partial charge in [0.15, 0.2) is 0 Å². The lowest BCUT2D eigenvalue weighted by molar-refractivity contribution is -0.149. The number of piperazine rings is 2. The molecule has 1 N–H and O–H groups in total. The second kappa shape index (κ2) is 7.84. The summed E-state index contributed by atoms with van der Waals surface area (Å²) in [6, 6.07) is 7.64. The molecule has 3 rings (SSSR count). The largest absolute Gasteiger partial charge is 0.492 e. The molecular formula is C18H26N4O3. The number of carbonyl (C=O) groups is 2. The van der Waals surface area contributed by atoms with Gasteiger partial charge in [0.05, 0.1) is 6.54 Å². The van der Waals surface area contributed by atoms with Crippen LogP contribution in [0.5, 0.6) is 5.75 Å².